The topological polar surface area (TPSA) is 91.3 Å². The monoisotopic (exact) mass is 885 g/mol. The number of carbonyl (C=O) groups excluding carboxylic acids is 1. The van der Waals surface area contributed by atoms with Gasteiger partial charge >= 0.3 is 13.8 Å². The van der Waals surface area contributed by atoms with E-state index in [1.165, 1.54) is 51.4 Å². The third kappa shape index (κ3) is 48.2. The predicted molar refractivity (Wildman–Crippen MR) is 265 cm³/mol. The van der Waals surface area contributed by atoms with Crippen LogP contribution >= 0.6 is 7.82 Å². The molecule has 0 rings (SSSR count). The highest BCUT2D eigenvalue weighted by atomic mass is 31.2. The zero-order valence-corrected chi connectivity index (χ0v) is 41.0. The number of likely N-dealkylation sites (N-methyl/N-ethyl adjacent to an activating group) is 1. The zero-order valence-electron chi connectivity index (χ0n) is 40.1. The normalized spacial score (nSPS) is 14.6. The van der Waals surface area contributed by atoms with Crippen LogP contribution in [-0.2, 0) is 27.9 Å². The summed E-state index contributed by atoms with van der Waals surface area (Å²) in [5, 5.41) is 0. The highest BCUT2D eigenvalue weighted by Crippen LogP contribution is 2.43. The molecular weight excluding hydrogens is 794 g/mol. The molecule has 0 aromatic heterocycles. The minimum absolute atomic E-state index is 0.0689. The molecule has 0 aliphatic rings. The van der Waals surface area contributed by atoms with Crippen LogP contribution in [0.25, 0.3) is 0 Å². The number of quaternary nitrogens is 1. The molecule has 0 heterocycles. The van der Waals surface area contributed by atoms with Gasteiger partial charge in [-0.05, 0) is 96.3 Å². The number of hydrogen-bond acceptors (Lipinski definition) is 6. The van der Waals surface area contributed by atoms with E-state index in [9.17, 15) is 14.3 Å². The molecule has 0 saturated carbocycles. The van der Waals surface area contributed by atoms with E-state index >= 15 is 0 Å². The molecule has 0 aromatic rings. The van der Waals surface area contributed by atoms with Gasteiger partial charge in [-0.1, -0.05) is 168 Å². The molecule has 8 nitrogen and oxygen atoms in total. The van der Waals surface area contributed by atoms with Gasteiger partial charge in [-0.3, -0.25) is 13.8 Å². The molecule has 0 saturated heterocycles. The molecule has 0 fully saturated rings. The summed E-state index contributed by atoms with van der Waals surface area (Å²) in [7, 11) is 1.60. The van der Waals surface area contributed by atoms with E-state index in [2.05, 4.69) is 123 Å². The molecule has 9 heteroatoms. The van der Waals surface area contributed by atoms with Crippen LogP contribution in [0.4, 0.5) is 0 Å². The maximum absolute atomic E-state index is 12.7. The van der Waals surface area contributed by atoms with Crippen molar-refractivity contribution in [1.29, 1.82) is 0 Å². The molecule has 0 aliphatic carbocycles. The summed E-state index contributed by atoms with van der Waals surface area (Å²) in [6.45, 7) is 5.36. The second kappa shape index (κ2) is 44.8. The van der Waals surface area contributed by atoms with Crippen LogP contribution in [0, 0.1) is 0 Å². The number of allylic oxidation sites excluding steroid dienone is 18. The lowest BCUT2D eigenvalue weighted by Gasteiger charge is -2.24. The van der Waals surface area contributed by atoms with Crippen LogP contribution in [0.3, 0.4) is 0 Å². The SMILES string of the molecule is CC/C=C\C/C=C\C/C=C\C/C=C\C/C=C\C/C=C\C/C=C\CCCC(=O)OC(COCCCCCCCC/C=C\C/C=C\CCCCCC)COP(=O)(O)OCC[N+](C)(C)C. The van der Waals surface area contributed by atoms with Crippen LogP contribution in [0.1, 0.15) is 162 Å². The molecule has 0 bridgehead atoms. The first-order valence-electron chi connectivity index (χ1n) is 24.1. The maximum atomic E-state index is 12.7. The smallest absolute Gasteiger partial charge is 0.457 e. The van der Waals surface area contributed by atoms with Gasteiger partial charge in [0.2, 0.25) is 0 Å². The summed E-state index contributed by atoms with van der Waals surface area (Å²) in [6, 6.07) is 0. The summed E-state index contributed by atoms with van der Waals surface area (Å²) in [5.74, 6) is -0.379. The Balaban J connectivity index is 4.36. The van der Waals surface area contributed by atoms with Gasteiger partial charge in [0.05, 0.1) is 34.4 Å². The van der Waals surface area contributed by atoms with Gasteiger partial charge in [0.25, 0.3) is 0 Å². The standard InChI is InChI=1S/C53H90NO7P/c1-6-8-10-12-14-16-18-20-22-24-25-26-27-28-29-30-32-34-36-38-40-42-44-46-53(55)61-52(51-60-62(56,57)59-49-47-54(3,4)5)50-58-48-45-43-41-39-37-35-33-31-23-21-19-17-15-13-11-9-7-2/h8,10,14,16-17,19-20,22-23,25-26,28-29,31-32,34,38,40,52H,6-7,9,11-13,15,18,21,24,27,30,33,35-37,39,41-51H2,1-5H3/p+1/b10-8-,16-14-,19-17-,22-20-,26-25-,29-28-,31-23-,34-32-,40-38-. The molecule has 0 radical (unpaired) electrons. The summed E-state index contributed by atoms with van der Waals surface area (Å²) < 4.78 is 35.0. The Hall–Kier alpha value is -2.84. The van der Waals surface area contributed by atoms with Gasteiger partial charge in [-0.15, -0.1) is 0 Å². The lowest BCUT2D eigenvalue weighted by atomic mass is 10.1. The van der Waals surface area contributed by atoms with E-state index in [4.69, 9.17) is 18.5 Å². The Morgan fingerprint density at radius 1 is 0.516 bits per heavy atom. The van der Waals surface area contributed by atoms with Crippen molar-refractivity contribution >= 4 is 13.8 Å². The van der Waals surface area contributed by atoms with E-state index in [1.807, 2.05) is 21.1 Å². The van der Waals surface area contributed by atoms with Crippen molar-refractivity contribution in [2.24, 2.45) is 0 Å². The Morgan fingerprint density at radius 3 is 1.40 bits per heavy atom. The third-order valence-corrected chi connectivity index (χ3v) is 10.6. The molecule has 0 aromatic carbocycles. The van der Waals surface area contributed by atoms with Gasteiger partial charge in [0.1, 0.15) is 19.3 Å². The van der Waals surface area contributed by atoms with E-state index in [-0.39, 0.29) is 32.2 Å². The fourth-order valence-corrected chi connectivity index (χ4v) is 6.61. The number of phosphoric ester groups is 1. The van der Waals surface area contributed by atoms with Crippen molar-refractivity contribution in [3.63, 3.8) is 0 Å². The lowest BCUT2D eigenvalue weighted by molar-refractivity contribution is -0.870. The van der Waals surface area contributed by atoms with Gasteiger partial charge in [-0.25, -0.2) is 4.57 Å². The van der Waals surface area contributed by atoms with Crippen molar-refractivity contribution in [2.45, 2.75) is 168 Å². The summed E-state index contributed by atoms with van der Waals surface area (Å²) in [6.07, 6.45) is 62.8. The van der Waals surface area contributed by atoms with Crippen LogP contribution in [0.2, 0.25) is 0 Å². The first kappa shape index (κ1) is 59.2. The Kier molecular flexibility index (Phi) is 42.7. The highest BCUT2D eigenvalue weighted by Gasteiger charge is 2.26. The molecular formula is C53H91NO7P+. The van der Waals surface area contributed by atoms with Crippen LogP contribution in [-0.4, -0.2) is 75.6 Å². The number of esters is 1. The molecule has 0 amide bonds. The molecule has 2 unspecified atom stereocenters. The largest absolute Gasteiger partial charge is 0.472 e. The first-order chi connectivity index (χ1) is 30.1. The summed E-state index contributed by atoms with van der Waals surface area (Å²) in [5.41, 5.74) is 0. The molecule has 2 atom stereocenters. The van der Waals surface area contributed by atoms with E-state index in [0.717, 1.165) is 83.5 Å². The van der Waals surface area contributed by atoms with Gasteiger partial charge in [0, 0.05) is 13.0 Å². The number of carbonyl (C=O) groups is 1. The van der Waals surface area contributed by atoms with Gasteiger partial charge in [-0.2, -0.15) is 0 Å². The van der Waals surface area contributed by atoms with Crippen molar-refractivity contribution in [3.8, 4) is 0 Å². The van der Waals surface area contributed by atoms with Crippen molar-refractivity contribution < 1.29 is 37.3 Å². The average Bonchev–Trinajstić information content (AvgIpc) is 3.23. The molecule has 62 heavy (non-hydrogen) atoms. The highest BCUT2D eigenvalue weighted by molar-refractivity contribution is 7.47. The average molecular weight is 885 g/mol. The minimum atomic E-state index is -4.31. The van der Waals surface area contributed by atoms with Crippen molar-refractivity contribution in [3.05, 3.63) is 109 Å². The molecule has 0 aliphatic heterocycles. The Morgan fingerprint density at radius 2 is 0.935 bits per heavy atom. The quantitative estimate of drug-likeness (QED) is 0.0214. The number of phosphoric acid groups is 1. The molecule has 1 N–H and O–H groups in total. The predicted octanol–water partition coefficient (Wildman–Crippen LogP) is 14.8. The Bertz CT molecular complexity index is 1350. The fraction of sp³-hybridized carbons (Fsp3) is 0.642. The van der Waals surface area contributed by atoms with Crippen molar-refractivity contribution in [2.75, 3.05) is 54.1 Å². The fourth-order valence-electron chi connectivity index (χ4n) is 5.86. The number of rotatable bonds is 43. The maximum Gasteiger partial charge on any atom is 0.472 e. The van der Waals surface area contributed by atoms with Crippen molar-refractivity contribution in [1.82, 2.24) is 0 Å². The lowest BCUT2D eigenvalue weighted by Crippen LogP contribution is -2.37. The van der Waals surface area contributed by atoms with Crippen LogP contribution in [0.5, 0.6) is 0 Å². The minimum Gasteiger partial charge on any atom is -0.457 e. The zero-order chi connectivity index (χ0) is 45.5. The summed E-state index contributed by atoms with van der Waals surface area (Å²) in [4.78, 5) is 22.9. The van der Waals surface area contributed by atoms with E-state index in [1.54, 1.807) is 0 Å². The second-order valence-corrected chi connectivity index (χ2v) is 18.2. The van der Waals surface area contributed by atoms with Gasteiger partial charge in [0.15, 0.2) is 0 Å². The van der Waals surface area contributed by atoms with E-state index in [0.29, 0.717) is 24.1 Å². The van der Waals surface area contributed by atoms with Gasteiger partial charge < -0.3 is 18.9 Å². The summed E-state index contributed by atoms with van der Waals surface area (Å²) >= 11 is 0. The number of ether oxygens (including phenoxy) is 2. The van der Waals surface area contributed by atoms with Crippen LogP contribution < -0.4 is 0 Å². The van der Waals surface area contributed by atoms with Crippen LogP contribution in [0.15, 0.2) is 109 Å². The van der Waals surface area contributed by atoms with E-state index < -0.39 is 13.9 Å². The molecule has 354 valence electrons. The first-order valence-corrected chi connectivity index (χ1v) is 25.6. The third-order valence-electron chi connectivity index (χ3n) is 9.57. The number of nitrogens with zero attached hydrogens (tertiary/aromatic N) is 1. The Labute approximate surface area is 380 Å². The second-order valence-electron chi connectivity index (χ2n) is 16.8. The number of unbranched alkanes of at least 4 members (excludes halogenated alkanes) is 11. The molecule has 0 spiro atoms. The number of hydrogen-bond donors (Lipinski definition) is 1.